The number of nitrogens with zero attached hydrogens (tertiary/aromatic N) is 1. The number of allylic oxidation sites excluding steroid dienone is 3. The van der Waals surface area contributed by atoms with E-state index in [0.29, 0.717) is 6.61 Å². The fourth-order valence-electron chi connectivity index (χ4n) is 3.83. The van der Waals surface area contributed by atoms with Crippen molar-refractivity contribution < 1.29 is 9.16 Å². The highest BCUT2D eigenvalue weighted by Crippen LogP contribution is 2.20. The smallest absolute Gasteiger partial charge is 0.216 e. The Bertz CT molecular complexity index is 706. The molecule has 0 bridgehead atoms. The molecule has 32 heavy (non-hydrogen) atoms. The summed E-state index contributed by atoms with van der Waals surface area (Å²) in [6.45, 7) is 9.56. The predicted octanol–water partition coefficient (Wildman–Crippen LogP) is 8.09. The lowest BCUT2D eigenvalue weighted by Gasteiger charge is -2.26. The summed E-state index contributed by atoms with van der Waals surface area (Å²) >= 11 is 0. The third kappa shape index (κ3) is 11.3. The largest absolute Gasteiger partial charge is 0.475 e. The van der Waals surface area contributed by atoms with Gasteiger partial charge in [-0.2, -0.15) is 0 Å². The van der Waals surface area contributed by atoms with Crippen molar-refractivity contribution in [3.05, 3.63) is 60.2 Å². The van der Waals surface area contributed by atoms with E-state index in [-0.39, 0.29) is 12.1 Å². The Kier molecular flexibility index (Phi) is 12.7. The molecule has 4 heteroatoms. The lowest BCUT2D eigenvalue weighted by molar-refractivity contribution is 0.183. The maximum atomic E-state index is 6.46. The zero-order chi connectivity index (χ0) is 23.1. The Hall–Kier alpha value is -1.65. The number of benzene rings is 1. The maximum absolute atomic E-state index is 6.46. The molecule has 0 aromatic heterocycles. The minimum Gasteiger partial charge on any atom is -0.475 e. The Morgan fingerprint density at radius 3 is 2.31 bits per heavy atom. The van der Waals surface area contributed by atoms with Gasteiger partial charge in [-0.15, -0.1) is 0 Å². The van der Waals surface area contributed by atoms with Crippen LogP contribution < -0.4 is 0 Å². The van der Waals surface area contributed by atoms with Gasteiger partial charge in [-0.25, -0.2) is 4.99 Å². The van der Waals surface area contributed by atoms with Gasteiger partial charge in [-0.3, -0.25) is 0 Å². The fraction of sp³-hybridized carbons (Fsp3) is 0.607. The van der Waals surface area contributed by atoms with Gasteiger partial charge < -0.3 is 9.16 Å². The third-order valence-corrected chi connectivity index (χ3v) is 6.51. The summed E-state index contributed by atoms with van der Waals surface area (Å²) in [5.74, 6) is 0.737. The first-order chi connectivity index (χ1) is 15.5. The Morgan fingerprint density at radius 2 is 1.59 bits per heavy atom. The van der Waals surface area contributed by atoms with Gasteiger partial charge in [-0.1, -0.05) is 88.0 Å². The molecule has 2 atom stereocenters. The second kappa shape index (κ2) is 15.2. The van der Waals surface area contributed by atoms with Crippen LogP contribution in [0.15, 0.2) is 59.6 Å². The average Bonchev–Trinajstić information content (AvgIpc) is 3.26. The summed E-state index contributed by atoms with van der Waals surface area (Å²) in [5, 5.41) is 0. The molecule has 178 valence electrons. The summed E-state index contributed by atoms with van der Waals surface area (Å²) in [6.07, 6.45) is 22.2. The van der Waals surface area contributed by atoms with Crippen LogP contribution >= 0.6 is 0 Å². The van der Waals surface area contributed by atoms with Crippen molar-refractivity contribution in [2.45, 2.75) is 103 Å². The van der Waals surface area contributed by atoms with Crippen LogP contribution in [0.25, 0.3) is 0 Å². The van der Waals surface area contributed by atoms with E-state index in [2.05, 4.69) is 50.9 Å². The van der Waals surface area contributed by atoms with Crippen molar-refractivity contribution in [1.29, 1.82) is 0 Å². The van der Waals surface area contributed by atoms with Gasteiger partial charge >= 0.3 is 0 Å². The normalized spacial score (nSPS) is 17.8. The van der Waals surface area contributed by atoms with Gasteiger partial charge in [0.05, 0.1) is 6.10 Å². The first-order valence-corrected chi connectivity index (χ1v) is 16.2. The van der Waals surface area contributed by atoms with Gasteiger partial charge in [0.1, 0.15) is 12.6 Å². The third-order valence-electron chi connectivity index (χ3n) is 5.53. The van der Waals surface area contributed by atoms with Gasteiger partial charge in [0.2, 0.25) is 5.90 Å². The molecule has 0 saturated carbocycles. The first kappa shape index (κ1) is 26.6. The molecule has 1 aromatic rings. The molecule has 0 saturated heterocycles. The SMILES string of the molecule is CCCCCCCCC/C=C/CC/C=C/[C@@H](O[Si](C)(C)C)[C@@H]1COC(c2ccccc2)=N1. The minimum atomic E-state index is -1.68. The Morgan fingerprint density at radius 1 is 0.938 bits per heavy atom. The summed E-state index contributed by atoms with van der Waals surface area (Å²) < 4.78 is 12.4. The first-order valence-electron chi connectivity index (χ1n) is 12.7. The maximum Gasteiger partial charge on any atom is 0.216 e. The Labute approximate surface area is 198 Å². The Balaban J connectivity index is 1.73. The van der Waals surface area contributed by atoms with Crippen molar-refractivity contribution in [3.8, 4) is 0 Å². The van der Waals surface area contributed by atoms with Crippen molar-refractivity contribution in [3.63, 3.8) is 0 Å². The van der Waals surface area contributed by atoms with Gasteiger partial charge in [0, 0.05) is 5.56 Å². The summed E-state index contributed by atoms with van der Waals surface area (Å²) in [7, 11) is -1.68. The van der Waals surface area contributed by atoms with Crippen LogP contribution in [0.3, 0.4) is 0 Å². The standard InChI is InChI=1S/C28H45NO2Si/c1-5-6-7-8-9-10-11-12-13-14-15-16-20-23-27(31-32(2,3)4)26-24-30-28(29-26)25-21-18-17-19-22-25/h13-14,17-23,26-27H,5-12,15-16,24H2,1-4H3/b14-13+,23-20+/t26-,27+/m0/s1. The molecule has 2 rings (SSSR count). The highest BCUT2D eigenvalue weighted by molar-refractivity contribution is 6.69. The molecule has 3 nitrogen and oxygen atoms in total. The molecule has 0 unspecified atom stereocenters. The molecule has 1 aliphatic rings. The number of ether oxygens (including phenoxy) is 1. The quantitative estimate of drug-likeness (QED) is 0.143. The lowest BCUT2D eigenvalue weighted by Crippen LogP contribution is -2.37. The molecular weight excluding hydrogens is 410 g/mol. The van der Waals surface area contributed by atoms with E-state index in [0.717, 1.165) is 24.3 Å². The van der Waals surface area contributed by atoms with E-state index in [1.807, 2.05) is 30.3 Å². The summed E-state index contributed by atoms with van der Waals surface area (Å²) in [4.78, 5) is 4.85. The molecule has 0 aliphatic carbocycles. The second-order valence-corrected chi connectivity index (χ2v) is 14.2. The topological polar surface area (TPSA) is 30.8 Å². The predicted molar refractivity (Wildman–Crippen MR) is 141 cm³/mol. The van der Waals surface area contributed by atoms with E-state index in [4.69, 9.17) is 14.2 Å². The van der Waals surface area contributed by atoms with E-state index < -0.39 is 8.32 Å². The van der Waals surface area contributed by atoms with Crippen LogP contribution in [0.4, 0.5) is 0 Å². The molecule has 0 radical (unpaired) electrons. The number of aliphatic imine (C=N–C) groups is 1. The van der Waals surface area contributed by atoms with Gasteiger partial charge in [0.25, 0.3) is 0 Å². The highest BCUT2D eigenvalue weighted by atomic mass is 28.4. The van der Waals surface area contributed by atoms with Crippen LogP contribution in [0.2, 0.25) is 19.6 Å². The van der Waals surface area contributed by atoms with Crippen molar-refractivity contribution in [2.75, 3.05) is 6.61 Å². The zero-order valence-electron chi connectivity index (χ0n) is 20.9. The van der Waals surface area contributed by atoms with Gasteiger partial charge in [0.15, 0.2) is 8.32 Å². The van der Waals surface area contributed by atoms with E-state index >= 15 is 0 Å². The zero-order valence-corrected chi connectivity index (χ0v) is 21.9. The molecule has 0 spiro atoms. The number of rotatable bonds is 16. The summed E-state index contributed by atoms with van der Waals surface area (Å²) in [5.41, 5.74) is 1.04. The monoisotopic (exact) mass is 455 g/mol. The number of hydrogen-bond donors (Lipinski definition) is 0. The number of unbranched alkanes of at least 4 members (excludes halogenated alkanes) is 8. The van der Waals surface area contributed by atoms with Crippen molar-refractivity contribution in [2.24, 2.45) is 4.99 Å². The van der Waals surface area contributed by atoms with Crippen LogP contribution in [0.5, 0.6) is 0 Å². The van der Waals surface area contributed by atoms with E-state index in [1.165, 1.54) is 51.4 Å². The molecule has 1 aromatic carbocycles. The summed E-state index contributed by atoms with van der Waals surface area (Å²) in [6, 6.07) is 10.2. The molecular formula is C28H45NO2Si. The van der Waals surface area contributed by atoms with Crippen LogP contribution in [0, 0.1) is 0 Å². The van der Waals surface area contributed by atoms with Gasteiger partial charge in [-0.05, 0) is 57.5 Å². The van der Waals surface area contributed by atoms with Crippen LogP contribution in [-0.4, -0.2) is 33.0 Å². The van der Waals surface area contributed by atoms with E-state index in [1.54, 1.807) is 0 Å². The van der Waals surface area contributed by atoms with Crippen LogP contribution in [-0.2, 0) is 9.16 Å². The molecule has 1 aliphatic heterocycles. The highest BCUT2D eigenvalue weighted by Gasteiger charge is 2.30. The molecule has 0 amide bonds. The van der Waals surface area contributed by atoms with Crippen molar-refractivity contribution >= 4 is 14.2 Å². The lowest BCUT2D eigenvalue weighted by atomic mass is 10.1. The minimum absolute atomic E-state index is 0.0143. The average molecular weight is 456 g/mol. The molecule has 0 N–H and O–H groups in total. The number of hydrogen-bond acceptors (Lipinski definition) is 3. The fourth-order valence-corrected chi connectivity index (χ4v) is 4.88. The molecule has 1 heterocycles. The van der Waals surface area contributed by atoms with Crippen LogP contribution in [0.1, 0.15) is 76.7 Å². The van der Waals surface area contributed by atoms with Crippen molar-refractivity contribution in [1.82, 2.24) is 0 Å². The second-order valence-electron chi connectivity index (χ2n) is 9.76. The molecule has 0 fully saturated rings. The van der Waals surface area contributed by atoms with E-state index in [9.17, 15) is 0 Å².